The summed E-state index contributed by atoms with van der Waals surface area (Å²) in [6.45, 7) is 4.44. The Morgan fingerprint density at radius 2 is 1.74 bits per heavy atom. The summed E-state index contributed by atoms with van der Waals surface area (Å²) in [5.41, 5.74) is 2.26. The predicted molar refractivity (Wildman–Crippen MR) is 114 cm³/mol. The fourth-order valence-corrected chi connectivity index (χ4v) is 3.70. The molecule has 0 aliphatic rings. The highest BCUT2D eigenvalue weighted by molar-refractivity contribution is 14.1. The molecule has 2 aromatic rings. The molecule has 2 aromatic carbocycles. The molecule has 0 amide bonds. The topological polar surface area (TPSA) is 32.3 Å². The maximum absolute atomic E-state index is 10.5. The first kappa shape index (κ1) is 18.9. The number of benzene rings is 2. The lowest BCUT2D eigenvalue weighted by Gasteiger charge is -2.24. The van der Waals surface area contributed by atoms with E-state index >= 15 is 0 Å². The van der Waals surface area contributed by atoms with Crippen LogP contribution in [0, 0.1) is 3.57 Å². The van der Waals surface area contributed by atoms with Gasteiger partial charge in [-0.1, -0.05) is 77.2 Å². The molecule has 3 atom stereocenters. The summed E-state index contributed by atoms with van der Waals surface area (Å²) in [6.07, 6.45) is 2.37. The summed E-state index contributed by atoms with van der Waals surface area (Å²) in [4.78, 5) is 0. The predicted octanol–water partition coefficient (Wildman–Crippen LogP) is 4.52. The highest BCUT2D eigenvalue weighted by Gasteiger charge is 2.19. The number of hydrogen-bond donors (Lipinski definition) is 2. The maximum Gasteiger partial charge on any atom is 0.0924 e. The van der Waals surface area contributed by atoms with Crippen molar-refractivity contribution in [2.75, 3.05) is 6.54 Å². The average molecular weight is 533 g/mol. The molecule has 0 fully saturated rings. The van der Waals surface area contributed by atoms with Crippen molar-refractivity contribution in [3.05, 3.63) is 81.9 Å². The number of aliphatic hydroxyl groups is 1. The summed E-state index contributed by atoms with van der Waals surface area (Å²) in [7, 11) is 0. The van der Waals surface area contributed by atoms with Crippen LogP contribution in [0.25, 0.3) is 0 Å². The molecule has 0 aromatic heterocycles. The van der Waals surface area contributed by atoms with Crippen molar-refractivity contribution in [3.63, 3.8) is 0 Å². The molecule has 0 radical (unpaired) electrons. The van der Waals surface area contributed by atoms with E-state index in [4.69, 9.17) is 0 Å². The number of alkyl halides is 1. The van der Waals surface area contributed by atoms with Gasteiger partial charge in [-0.25, -0.2) is 0 Å². The Bertz CT molecular complexity index is 618. The fraction of sp³-hybridized carbons (Fsp3) is 0.263. The third kappa shape index (κ3) is 5.85. The van der Waals surface area contributed by atoms with Crippen LogP contribution in [-0.2, 0) is 6.42 Å². The minimum atomic E-state index is -0.505. The van der Waals surface area contributed by atoms with E-state index in [1.165, 1.54) is 5.56 Å². The Kier molecular flexibility index (Phi) is 8.02. The molecule has 0 saturated carbocycles. The summed E-state index contributed by atoms with van der Waals surface area (Å²) >= 11 is 4.67. The van der Waals surface area contributed by atoms with Gasteiger partial charge in [-0.15, -0.1) is 6.58 Å². The molecule has 23 heavy (non-hydrogen) atoms. The van der Waals surface area contributed by atoms with E-state index in [1.54, 1.807) is 0 Å². The van der Waals surface area contributed by atoms with Gasteiger partial charge in [-0.3, -0.25) is 0 Å². The smallest absolute Gasteiger partial charge is 0.0924 e. The van der Waals surface area contributed by atoms with Gasteiger partial charge in [0, 0.05) is 20.1 Å². The zero-order chi connectivity index (χ0) is 16.7. The molecule has 0 aliphatic carbocycles. The van der Waals surface area contributed by atoms with Crippen LogP contribution < -0.4 is 5.32 Å². The van der Waals surface area contributed by atoms with Crippen molar-refractivity contribution >= 4 is 45.2 Å². The minimum Gasteiger partial charge on any atom is -0.387 e. The van der Waals surface area contributed by atoms with Gasteiger partial charge in [-0.05, 0) is 46.2 Å². The first-order valence-electron chi connectivity index (χ1n) is 7.58. The molecule has 2 rings (SSSR count). The number of hydrogen-bond acceptors (Lipinski definition) is 2. The second-order valence-corrected chi connectivity index (χ2v) is 8.02. The average Bonchev–Trinajstić information content (AvgIpc) is 2.59. The number of aliphatic hydroxyl groups excluding tert-OH is 1. The van der Waals surface area contributed by atoms with Crippen LogP contribution >= 0.6 is 45.2 Å². The first-order chi connectivity index (χ1) is 11.1. The van der Waals surface area contributed by atoms with Gasteiger partial charge in [0.1, 0.15) is 0 Å². The molecule has 2 unspecified atom stereocenters. The quantitative estimate of drug-likeness (QED) is 0.298. The highest BCUT2D eigenvalue weighted by Crippen LogP contribution is 2.20. The second kappa shape index (κ2) is 9.76. The zero-order valence-corrected chi connectivity index (χ0v) is 17.1. The largest absolute Gasteiger partial charge is 0.387 e. The van der Waals surface area contributed by atoms with Crippen LogP contribution in [0.15, 0.2) is 67.3 Å². The summed E-state index contributed by atoms with van der Waals surface area (Å²) in [5, 5.41) is 14.0. The molecule has 4 heteroatoms. The van der Waals surface area contributed by atoms with E-state index in [9.17, 15) is 5.11 Å². The van der Waals surface area contributed by atoms with Gasteiger partial charge in [0.2, 0.25) is 0 Å². The monoisotopic (exact) mass is 533 g/mol. The molecule has 2 N–H and O–H groups in total. The summed E-state index contributed by atoms with van der Waals surface area (Å²) < 4.78 is 1.39. The van der Waals surface area contributed by atoms with Crippen LogP contribution in [-0.4, -0.2) is 21.6 Å². The fourth-order valence-electron chi connectivity index (χ4n) is 2.45. The standard InChI is InChI=1S/C19H21I2NO/c1-2-16(20)18(12-14-8-4-3-5-9-14)22-13-19(23)15-10-6-7-11-17(15)21/h2-11,16,18-19,22-23H,1,12-13H2/t16?,18?,19-/m0/s1. The van der Waals surface area contributed by atoms with Crippen LogP contribution in [0.5, 0.6) is 0 Å². The molecule has 0 saturated heterocycles. The molecule has 0 bridgehead atoms. The summed E-state index contributed by atoms with van der Waals surface area (Å²) in [5.74, 6) is 0. The van der Waals surface area contributed by atoms with Crippen LogP contribution in [0.1, 0.15) is 17.2 Å². The van der Waals surface area contributed by atoms with Gasteiger partial charge < -0.3 is 10.4 Å². The molecule has 0 spiro atoms. The van der Waals surface area contributed by atoms with Crippen LogP contribution in [0.2, 0.25) is 0 Å². The lowest BCUT2D eigenvalue weighted by molar-refractivity contribution is 0.169. The van der Waals surface area contributed by atoms with Gasteiger partial charge in [0.25, 0.3) is 0 Å². The third-order valence-electron chi connectivity index (χ3n) is 3.75. The Hall–Kier alpha value is -0.440. The van der Waals surface area contributed by atoms with Crippen molar-refractivity contribution in [2.24, 2.45) is 0 Å². The van der Waals surface area contributed by atoms with E-state index in [-0.39, 0.29) is 6.04 Å². The normalized spacial score (nSPS) is 14.9. The van der Waals surface area contributed by atoms with E-state index < -0.39 is 6.10 Å². The van der Waals surface area contributed by atoms with Gasteiger partial charge in [-0.2, -0.15) is 0 Å². The SMILES string of the molecule is C=CC(I)C(Cc1ccccc1)NC[C@H](O)c1ccccc1I. The van der Waals surface area contributed by atoms with Crippen molar-refractivity contribution in [3.8, 4) is 0 Å². The Balaban J connectivity index is 2.01. The maximum atomic E-state index is 10.5. The van der Waals surface area contributed by atoms with Crippen molar-refractivity contribution in [1.29, 1.82) is 0 Å². The van der Waals surface area contributed by atoms with Gasteiger partial charge >= 0.3 is 0 Å². The minimum absolute atomic E-state index is 0.242. The van der Waals surface area contributed by atoms with Gasteiger partial charge in [0.05, 0.1) is 6.10 Å². The molecule has 0 aliphatic heterocycles. The van der Waals surface area contributed by atoms with Crippen molar-refractivity contribution in [2.45, 2.75) is 22.5 Å². The van der Waals surface area contributed by atoms with Crippen molar-refractivity contribution < 1.29 is 5.11 Å². The molecule has 122 valence electrons. The number of nitrogens with one attached hydrogen (secondary N) is 1. The van der Waals surface area contributed by atoms with Crippen molar-refractivity contribution in [1.82, 2.24) is 5.32 Å². The Morgan fingerprint density at radius 1 is 1.09 bits per heavy atom. The van der Waals surface area contributed by atoms with E-state index in [0.717, 1.165) is 15.6 Å². The summed E-state index contributed by atoms with van der Waals surface area (Å²) in [6, 6.07) is 18.6. The Morgan fingerprint density at radius 3 is 2.39 bits per heavy atom. The molecular weight excluding hydrogens is 512 g/mol. The first-order valence-corrected chi connectivity index (χ1v) is 9.90. The van der Waals surface area contributed by atoms with Crippen LogP contribution in [0.4, 0.5) is 0 Å². The Labute approximate surface area is 165 Å². The number of halogens is 2. The second-order valence-electron chi connectivity index (χ2n) is 5.42. The molecule has 0 heterocycles. The lowest BCUT2D eigenvalue weighted by atomic mass is 10.0. The molecule has 2 nitrogen and oxygen atoms in total. The van der Waals surface area contributed by atoms with Gasteiger partial charge in [0.15, 0.2) is 0 Å². The van der Waals surface area contributed by atoms with Crippen LogP contribution in [0.3, 0.4) is 0 Å². The van der Waals surface area contributed by atoms with E-state index in [2.05, 4.69) is 81.3 Å². The zero-order valence-electron chi connectivity index (χ0n) is 12.8. The highest BCUT2D eigenvalue weighted by atomic mass is 127. The number of rotatable bonds is 8. The molecular formula is C19H21I2NO. The van der Waals surface area contributed by atoms with E-state index in [0.29, 0.717) is 10.5 Å². The lowest BCUT2D eigenvalue weighted by Crippen LogP contribution is -2.40. The van der Waals surface area contributed by atoms with E-state index in [1.807, 2.05) is 36.4 Å². The third-order valence-corrected chi connectivity index (χ3v) is 6.10.